The van der Waals surface area contributed by atoms with Crippen molar-refractivity contribution in [2.24, 2.45) is 0 Å². The van der Waals surface area contributed by atoms with Crippen molar-refractivity contribution in [1.82, 2.24) is 30.2 Å². The zero-order valence-electron chi connectivity index (χ0n) is 16.5. The molecule has 0 bridgehead atoms. The Hall–Kier alpha value is -3.03. The van der Waals surface area contributed by atoms with Crippen LogP contribution in [0.5, 0.6) is 0 Å². The molecule has 0 saturated heterocycles. The van der Waals surface area contributed by atoms with Crippen molar-refractivity contribution in [2.75, 3.05) is 0 Å². The van der Waals surface area contributed by atoms with Crippen LogP contribution in [-0.4, -0.2) is 30.8 Å². The van der Waals surface area contributed by atoms with Gasteiger partial charge in [0.25, 0.3) is 5.95 Å². The number of carbonyl (C=O) groups is 1. The maximum Gasteiger partial charge on any atom is 0.251 e. The van der Waals surface area contributed by atoms with Crippen LogP contribution in [0.25, 0.3) is 5.95 Å². The number of nitrogens with one attached hydrogen (secondary N) is 1. The first-order valence-electron chi connectivity index (χ1n) is 8.82. The van der Waals surface area contributed by atoms with Crippen LogP contribution in [0.3, 0.4) is 0 Å². The van der Waals surface area contributed by atoms with Crippen molar-refractivity contribution >= 4 is 5.91 Å². The number of carbonyl (C=O) groups excluding carboxylic acids is 1. The number of aryl methyl sites for hydroxylation is 5. The smallest absolute Gasteiger partial charge is 0.251 e. The Morgan fingerprint density at radius 1 is 1.04 bits per heavy atom. The standard InChI is InChI=1S/C19H24N6O2/c1-10-7-11(2)22-19(21-10)25-14(5)16(12(3)23-25)8-18(26)20-9-17-13(4)24-27-15(17)6/h7H,8-9H2,1-6H3,(H,20,26). The first-order valence-corrected chi connectivity index (χ1v) is 8.82. The van der Waals surface area contributed by atoms with Crippen molar-refractivity contribution < 1.29 is 9.32 Å². The molecule has 0 fully saturated rings. The summed E-state index contributed by atoms with van der Waals surface area (Å²) in [7, 11) is 0. The second-order valence-corrected chi connectivity index (χ2v) is 6.77. The number of amides is 1. The van der Waals surface area contributed by atoms with Crippen LogP contribution < -0.4 is 5.32 Å². The second-order valence-electron chi connectivity index (χ2n) is 6.77. The Morgan fingerprint density at radius 2 is 1.70 bits per heavy atom. The van der Waals surface area contributed by atoms with Crippen LogP contribution in [0.15, 0.2) is 10.6 Å². The third-order valence-electron chi connectivity index (χ3n) is 4.58. The van der Waals surface area contributed by atoms with Gasteiger partial charge in [0.15, 0.2) is 0 Å². The quantitative estimate of drug-likeness (QED) is 0.742. The SMILES string of the molecule is Cc1cc(C)nc(-n2nc(C)c(CC(=O)NCc3c(C)noc3C)c2C)n1. The number of hydrogen-bond donors (Lipinski definition) is 1. The molecular weight excluding hydrogens is 344 g/mol. The van der Waals surface area contributed by atoms with E-state index < -0.39 is 0 Å². The van der Waals surface area contributed by atoms with Gasteiger partial charge in [0.1, 0.15) is 5.76 Å². The molecule has 8 nitrogen and oxygen atoms in total. The summed E-state index contributed by atoms with van der Waals surface area (Å²) < 4.78 is 6.83. The Kier molecular flexibility index (Phi) is 5.07. The molecule has 0 spiro atoms. The Balaban J connectivity index is 1.77. The third-order valence-corrected chi connectivity index (χ3v) is 4.58. The number of hydrogen-bond acceptors (Lipinski definition) is 6. The summed E-state index contributed by atoms with van der Waals surface area (Å²) in [5.41, 5.74) is 6.01. The van der Waals surface area contributed by atoms with E-state index in [1.54, 1.807) is 4.68 Å². The highest BCUT2D eigenvalue weighted by atomic mass is 16.5. The van der Waals surface area contributed by atoms with Gasteiger partial charge in [0.05, 0.1) is 17.8 Å². The fraction of sp³-hybridized carbons (Fsp3) is 0.421. The molecule has 142 valence electrons. The highest BCUT2D eigenvalue weighted by Crippen LogP contribution is 2.17. The van der Waals surface area contributed by atoms with E-state index in [1.165, 1.54) is 0 Å². The highest BCUT2D eigenvalue weighted by molar-refractivity contribution is 5.79. The first kappa shape index (κ1) is 18.8. The summed E-state index contributed by atoms with van der Waals surface area (Å²) >= 11 is 0. The average molecular weight is 368 g/mol. The molecule has 0 unspecified atom stereocenters. The monoisotopic (exact) mass is 368 g/mol. The van der Waals surface area contributed by atoms with Crippen LogP contribution in [0.4, 0.5) is 0 Å². The van der Waals surface area contributed by atoms with Crippen molar-refractivity contribution in [3.05, 3.63) is 51.4 Å². The van der Waals surface area contributed by atoms with E-state index in [2.05, 4.69) is 25.5 Å². The van der Waals surface area contributed by atoms with Crippen LogP contribution in [-0.2, 0) is 17.8 Å². The molecule has 27 heavy (non-hydrogen) atoms. The molecule has 0 radical (unpaired) electrons. The zero-order chi connectivity index (χ0) is 19.7. The third kappa shape index (κ3) is 3.89. The summed E-state index contributed by atoms with van der Waals surface area (Å²) in [5.74, 6) is 1.16. The molecule has 0 aliphatic carbocycles. The largest absolute Gasteiger partial charge is 0.361 e. The summed E-state index contributed by atoms with van der Waals surface area (Å²) in [4.78, 5) is 21.4. The minimum Gasteiger partial charge on any atom is -0.361 e. The lowest BCUT2D eigenvalue weighted by molar-refractivity contribution is -0.120. The van der Waals surface area contributed by atoms with Gasteiger partial charge in [0.2, 0.25) is 5.91 Å². The van der Waals surface area contributed by atoms with Gasteiger partial charge >= 0.3 is 0 Å². The van der Waals surface area contributed by atoms with Gasteiger partial charge in [-0.15, -0.1) is 0 Å². The van der Waals surface area contributed by atoms with Crippen molar-refractivity contribution in [3.8, 4) is 5.95 Å². The normalized spacial score (nSPS) is 11.0. The van der Waals surface area contributed by atoms with Gasteiger partial charge in [0, 0.05) is 34.8 Å². The van der Waals surface area contributed by atoms with Gasteiger partial charge in [-0.2, -0.15) is 5.10 Å². The summed E-state index contributed by atoms with van der Waals surface area (Å²) in [6.07, 6.45) is 0.242. The minimum atomic E-state index is -0.0814. The fourth-order valence-corrected chi connectivity index (χ4v) is 3.09. The number of nitrogens with zero attached hydrogens (tertiary/aromatic N) is 5. The van der Waals surface area contributed by atoms with Crippen molar-refractivity contribution in [1.29, 1.82) is 0 Å². The van der Waals surface area contributed by atoms with E-state index in [9.17, 15) is 4.79 Å². The Morgan fingerprint density at radius 3 is 2.30 bits per heavy atom. The summed E-state index contributed by atoms with van der Waals surface area (Å²) in [6, 6.07) is 1.91. The van der Waals surface area contributed by atoms with Gasteiger partial charge in [-0.25, -0.2) is 14.6 Å². The van der Waals surface area contributed by atoms with Gasteiger partial charge in [-0.1, -0.05) is 5.16 Å². The molecule has 8 heteroatoms. The maximum atomic E-state index is 12.5. The molecule has 3 aromatic heterocycles. The van der Waals surface area contributed by atoms with Gasteiger partial charge in [-0.3, -0.25) is 4.79 Å². The van der Waals surface area contributed by atoms with Gasteiger partial charge < -0.3 is 9.84 Å². The topological polar surface area (TPSA) is 98.7 Å². The van der Waals surface area contributed by atoms with Crippen LogP contribution in [0, 0.1) is 41.5 Å². The van der Waals surface area contributed by atoms with E-state index in [0.717, 1.165) is 45.4 Å². The van der Waals surface area contributed by atoms with E-state index in [0.29, 0.717) is 12.5 Å². The van der Waals surface area contributed by atoms with Crippen LogP contribution >= 0.6 is 0 Å². The summed E-state index contributed by atoms with van der Waals surface area (Å²) in [5, 5.41) is 11.4. The number of aromatic nitrogens is 5. The second kappa shape index (κ2) is 7.30. The number of rotatable bonds is 5. The lowest BCUT2D eigenvalue weighted by atomic mass is 10.1. The highest BCUT2D eigenvalue weighted by Gasteiger charge is 2.18. The molecule has 0 atom stereocenters. The first-order chi connectivity index (χ1) is 12.8. The lowest BCUT2D eigenvalue weighted by Gasteiger charge is -2.07. The molecule has 0 aromatic carbocycles. The predicted octanol–water partition coefficient (Wildman–Crippen LogP) is 2.36. The molecule has 3 rings (SSSR count). The lowest BCUT2D eigenvalue weighted by Crippen LogP contribution is -2.25. The molecule has 0 aliphatic heterocycles. The Labute approximate surface area is 158 Å². The molecular formula is C19H24N6O2. The predicted molar refractivity (Wildman–Crippen MR) is 99.6 cm³/mol. The molecule has 1 amide bonds. The molecule has 3 aromatic rings. The van der Waals surface area contributed by atoms with Crippen LogP contribution in [0.2, 0.25) is 0 Å². The fourth-order valence-electron chi connectivity index (χ4n) is 3.09. The van der Waals surface area contributed by atoms with E-state index >= 15 is 0 Å². The summed E-state index contributed by atoms with van der Waals surface area (Å²) in [6.45, 7) is 11.8. The van der Waals surface area contributed by atoms with Crippen molar-refractivity contribution in [3.63, 3.8) is 0 Å². The maximum absolute atomic E-state index is 12.5. The van der Waals surface area contributed by atoms with E-state index in [1.807, 2.05) is 47.6 Å². The van der Waals surface area contributed by atoms with Crippen molar-refractivity contribution in [2.45, 2.75) is 54.5 Å². The Bertz CT molecular complexity index is 962. The zero-order valence-corrected chi connectivity index (χ0v) is 16.5. The molecule has 0 aliphatic rings. The average Bonchev–Trinajstić information content (AvgIpc) is 3.05. The van der Waals surface area contributed by atoms with Crippen LogP contribution in [0.1, 0.15) is 45.4 Å². The minimum absolute atomic E-state index is 0.0814. The van der Waals surface area contributed by atoms with E-state index in [4.69, 9.17) is 4.52 Å². The molecule has 3 heterocycles. The molecule has 1 N–H and O–H groups in total. The van der Waals surface area contributed by atoms with Gasteiger partial charge in [-0.05, 0) is 47.6 Å². The molecule has 0 saturated carbocycles. The van der Waals surface area contributed by atoms with E-state index in [-0.39, 0.29) is 12.3 Å².